The summed E-state index contributed by atoms with van der Waals surface area (Å²) in [6.07, 6.45) is 1.51. The zero-order valence-electron chi connectivity index (χ0n) is 13.5. The van der Waals surface area contributed by atoms with Crippen molar-refractivity contribution in [1.29, 1.82) is 0 Å². The van der Waals surface area contributed by atoms with Gasteiger partial charge in [0.25, 0.3) is 5.91 Å². The van der Waals surface area contributed by atoms with Crippen LogP contribution in [0.15, 0.2) is 53.6 Å². The Hall–Kier alpha value is -3.10. The molecule has 26 heavy (non-hydrogen) atoms. The number of amides is 1. The average Bonchev–Trinajstić information content (AvgIpc) is 3.29. The number of hydrogen-bond acceptors (Lipinski definition) is 4. The topological polar surface area (TPSA) is 73.0 Å². The molecule has 0 atom stereocenters. The largest absolute Gasteiger partial charge is 0.416 e. The summed E-state index contributed by atoms with van der Waals surface area (Å²) in [7, 11) is 0. The Morgan fingerprint density at radius 1 is 1.23 bits per heavy atom. The standard InChI is InChI=1S/C17H15F3N4O2/c18-17(19,20)13-4-2-12(3-5-13)15-10-14(23-26-15)16(25)22-6-1-8-24-9-7-21-11-24/h2-5,7,9-11H,1,6,8H2,(H,22,25). The quantitative estimate of drug-likeness (QED) is 0.681. The lowest BCUT2D eigenvalue weighted by Gasteiger charge is -2.06. The summed E-state index contributed by atoms with van der Waals surface area (Å²) in [6, 6.07) is 5.85. The van der Waals surface area contributed by atoms with Crippen molar-refractivity contribution in [3.8, 4) is 11.3 Å². The second kappa shape index (κ2) is 7.42. The number of halogens is 3. The molecule has 0 aliphatic heterocycles. The molecule has 0 radical (unpaired) electrons. The molecule has 2 aromatic heterocycles. The van der Waals surface area contributed by atoms with Crippen LogP contribution in [0.3, 0.4) is 0 Å². The van der Waals surface area contributed by atoms with Crippen molar-refractivity contribution >= 4 is 5.91 Å². The van der Waals surface area contributed by atoms with Gasteiger partial charge in [-0.3, -0.25) is 4.79 Å². The van der Waals surface area contributed by atoms with Crippen LogP contribution in [0.25, 0.3) is 11.3 Å². The van der Waals surface area contributed by atoms with Gasteiger partial charge in [-0.15, -0.1) is 0 Å². The van der Waals surface area contributed by atoms with Gasteiger partial charge >= 0.3 is 6.18 Å². The first-order valence-corrected chi connectivity index (χ1v) is 7.82. The number of aryl methyl sites for hydroxylation is 1. The Kier molecular flexibility index (Phi) is 5.06. The Labute approximate surface area is 146 Å². The zero-order valence-corrected chi connectivity index (χ0v) is 13.5. The van der Waals surface area contributed by atoms with Gasteiger partial charge in [0, 0.05) is 37.1 Å². The van der Waals surface area contributed by atoms with Crippen molar-refractivity contribution in [2.24, 2.45) is 0 Å². The van der Waals surface area contributed by atoms with Crippen molar-refractivity contribution in [3.05, 3.63) is 60.3 Å². The number of nitrogens with zero attached hydrogens (tertiary/aromatic N) is 3. The molecule has 0 unspecified atom stereocenters. The van der Waals surface area contributed by atoms with Crippen LogP contribution in [0, 0.1) is 0 Å². The number of nitrogens with one attached hydrogen (secondary N) is 1. The maximum absolute atomic E-state index is 12.6. The number of imidazole rings is 1. The third kappa shape index (κ3) is 4.29. The molecule has 0 aliphatic rings. The molecule has 1 N–H and O–H groups in total. The molecule has 0 spiro atoms. The van der Waals surface area contributed by atoms with Crippen molar-refractivity contribution in [1.82, 2.24) is 20.0 Å². The fourth-order valence-corrected chi connectivity index (χ4v) is 2.31. The molecule has 3 rings (SSSR count). The summed E-state index contributed by atoms with van der Waals surface area (Å²) >= 11 is 0. The van der Waals surface area contributed by atoms with Gasteiger partial charge in [0.05, 0.1) is 11.9 Å². The van der Waals surface area contributed by atoms with E-state index >= 15 is 0 Å². The fraction of sp³-hybridized carbons (Fsp3) is 0.235. The molecule has 9 heteroatoms. The number of rotatable bonds is 6. The van der Waals surface area contributed by atoms with E-state index in [1.807, 2.05) is 10.8 Å². The summed E-state index contributed by atoms with van der Waals surface area (Å²) in [5.74, 6) is -0.181. The van der Waals surface area contributed by atoms with Gasteiger partial charge in [0.1, 0.15) is 0 Å². The molecule has 2 heterocycles. The van der Waals surface area contributed by atoms with E-state index in [1.54, 1.807) is 12.5 Å². The van der Waals surface area contributed by atoms with E-state index < -0.39 is 17.6 Å². The summed E-state index contributed by atoms with van der Waals surface area (Å²) in [4.78, 5) is 16.0. The highest BCUT2D eigenvalue weighted by Gasteiger charge is 2.30. The predicted octanol–water partition coefficient (Wildman–Crippen LogP) is 3.38. The van der Waals surface area contributed by atoms with Gasteiger partial charge < -0.3 is 14.4 Å². The van der Waals surface area contributed by atoms with Gasteiger partial charge in [-0.05, 0) is 18.6 Å². The fourth-order valence-electron chi connectivity index (χ4n) is 2.31. The molecule has 0 saturated heterocycles. The molecular weight excluding hydrogens is 349 g/mol. The van der Waals surface area contributed by atoms with Crippen LogP contribution in [0.4, 0.5) is 13.2 Å². The molecule has 136 valence electrons. The molecule has 3 aromatic rings. The van der Waals surface area contributed by atoms with Crippen molar-refractivity contribution in [3.63, 3.8) is 0 Å². The summed E-state index contributed by atoms with van der Waals surface area (Å²) in [5, 5.41) is 6.38. The Morgan fingerprint density at radius 3 is 2.65 bits per heavy atom. The smallest absolute Gasteiger partial charge is 0.355 e. The molecule has 0 aliphatic carbocycles. The first-order valence-electron chi connectivity index (χ1n) is 7.82. The predicted molar refractivity (Wildman–Crippen MR) is 86.1 cm³/mol. The van der Waals surface area contributed by atoms with E-state index in [0.29, 0.717) is 18.5 Å². The zero-order chi connectivity index (χ0) is 18.6. The van der Waals surface area contributed by atoms with Crippen LogP contribution in [-0.4, -0.2) is 27.2 Å². The van der Waals surface area contributed by atoms with E-state index in [0.717, 1.165) is 18.7 Å². The molecule has 6 nitrogen and oxygen atoms in total. The summed E-state index contributed by atoms with van der Waals surface area (Å²) in [5.41, 5.74) is -0.274. The summed E-state index contributed by atoms with van der Waals surface area (Å²) < 4.78 is 44.7. The highest BCUT2D eigenvalue weighted by molar-refractivity contribution is 5.93. The van der Waals surface area contributed by atoms with Crippen LogP contribution in [0.1, 0.15) is 22.5 Å². The minimum absolute atomic E-state index is 0.0718. The van der Waals surface area contributed by atoms with Gasteiger partial charge in [-0.25, -0.2) is 4.98 Å². The molecule has 0 fully saturated rings. The number of carbonyl (C=O) groups excluding carboxylic acids is 1. The lowest BCUT2D eigenvalue weighted by molar-refractivity contribution is -0.137. The maximum Gasteiger partial charge on any atom is 0.416 e. The van der Waals surface area contributed by atoms with Crippen LogP contribution < -0.4 is 5.32 Å². The second-order valence-corrected chi connectivity index (χ2v) is 5.56. The number of alkyl halides is 3. The Balaban J connectivity index is 1.55. The van der Waals surface area contributed by atoms with E-state index in [9.17, 15) is 18.0 Å². The number of hydrogen-bond donors (Lipinski definition) is 1. The third-order valence-corrected chi connectivity index (χ3v) is 3.68. The van der Waals surface area contributed by atoms with Gasteiger partial charge in [-0.2, -0.15) is 13.2 Å². The van der Waals surface area contributed by atoms with E-state index in [-0.39, 0.29) is 11.5 Å². The van der Waals surface area contributed by atoms with Crippen molar-refractivity contribution < 1.29 is 22.5 Å². The van der Waals surface area contributed by atoms with Crippen LogP contribution in [-0.2, 0) is 12.7 Å². The highest BCUT2D eigenvalue weighted by Crippen LogP contribution is 2.31. The van der Waals surface area contributed by atoms with Crippen LogP contribution in [0.2, 0.25) is 0 Å². The normalized spacial score (nSPS) is 11.5. The molecule has 1 aromatic carbocycles. The van der Waals surface area contributed by atoms with Crippen molar-refractivity contribution in [2.75, 3.05) is 6.54 Å². The number of carbonyl (C=O) groups is 1. The first kappa shape index (κ1) is 17.7. The number of benzene rings is 1. The molecule has 0 saturated carbocycles. The molecule has 0 bridgehead atoms. The average molecular weight is 364 g/mol. The monoisotopic (exact) mass is 364 g/mol. The number of aromatic nitrogens is 3. The first-order chi connectivity index (χ1) is 12.4. The van der Waals surface area contributed by atoms with Crippen LogP contribution >= 0.6 is 0 Å². The highest BCUT2D eigenvalue weighted by atomic mass is 19.4. The minimum atomic E-state index is -4.40. The SMILES string of the molecule is O=C(NCCCn1ccnc1)c1cc(-c2ccc(C(F)(F)F)cc2)on1. The van der Waals surface area contributed by atoms with Crippen molar-refractivity contribution in [2.45, 2.75) is 19.1 Å². The minimum Gasteiger partial charge on any atom is -0.355 e. The molecule has 1 amide bonds. The summed E-state index contributed by atoms with van der Waals surface area (Å²) in [6.45, 7) is 1.16. The van der Waals surface area contributed by atoms with E-state index in [4.69, 9.17) is 4.52 Å². The Bertz CT molecular complexity index is 855. The second-order valence-electron chi connectivity index (χ2n) is 5.56. The van der Waals surface area contributed by atoms with E-state index in [1.165, 1.54) is 18.2 Å². The lowest BCUT2D eigenvalue weighted by Crippen LogP contribution is -2.25. The van der Waals surface area contributed by atoms with Gasteiger partial charge in [0.2, 0.25) is 0 Å². The van der Waals surface area contributed by atoms with E-state index in [2.05, 4.69) is 15.5 Å². The van der Waals surface area contributed by atoms with Gasteiger partial charge in [-0.1, -0.05) is 17.3 Å². The van der Waals surface area contributed by atoms with Gasteiger partial charge in [0.15, 0.2) is 11.5 Å². The molecular formula is C17H15F3N4O2. The maximum atomic E-state index is 12.6. The Morgan fingerprint density at radius 2 is 2.00 bits per heavy atom. The lowest BCUT2D eigenvalue weighted by atomic mass is 10.1. The van der Waals surface area contributed by atoms with Crippen LogP contribution in [0.5, 0.6) is 0 Å². The third-order valence-electron chi connectivity index (χ3n) is 3.68.